The molecule has 6 nitrogen and oxygen atoms in total. The van der Waals surface area contributed by atoms with E-state index in [1.54, 1.807) is 28.7 Å². The van der Waals surface area contributed by atoms with Gasteiger partial charge in [-0.2, -0.15) is 0 Å². The maximum absolute atomic E-state index is 13.1. The van der Waals surface area contributed by atoms with Crippen molar-refractivity contribution in [3.05, 3.63) is 59.3 Å². The number of nitrogens with zero attached hydrogens (tertiary/aromatic N) is 2. The van der Waals surface area contributed by atoms with E-state index in [0.29, 0.717) is 24.3 Å². The normalized spacial score (nSPS) is 22.1. The van der Waals surface area contributed by atoms with Crippen LogP contribution in [0.15, 0.2) is 42.6 Å². The second-order valence-corrected chi connectivity index (χ2v) is 6.78. The zero-order chi connectivity index (χ0) is 17.4. The van der Waals surface area contributed by atoms with Crippen LogP contribution in [-0.2, 0) is 17.6 Å². The van der Waals surface area contributed by atoms with Gasteiger partial charge in [-0.3, -0.25) is 19.7 Å². The average Bonchev–Trinajstić information content (AvgIpc) is 2.97. The number of benzene rings is 1. The number of amides is 2. The number of pyridine rings is 1. The summed E-state index contributed by atoms with van der Waals surface area (Å²) in [5.74, 6) is 0.285. The van der Waals surface area contributed by atoms with Crippen LogP contribution in [0.4, 0.5) is 5.82 Å². The molecule has 0 saturated carbocycles. The van der Waals surface area contributed by atoms with Crippen molar-refractivity contribution >= 4 is 17.6 Å². The Morgan fingerprint density at radius 2 is 2.08 bits per heavy atom. The molecule has 0 bridgehead atoms. The molecule has 2 aliphatic rings. The summed E-state index contributed by atoms with van der Waals surface area (Å²) < 4.78 is 0. The first kappa shape index (κ1) is 15.8. The largest absolute Gasteiger partial charge is 0.296 e. The number of nitrogens with one attached hydrogen (secondary N) is 1. The van der Waals surface area contributed by atoms with Gasteiger partial charge in [0.2, 0.25) is 5.91 Å². The van der Waals surface area contributed by atoms with Gasteiger partial charge in [-0.1, -0.05) is 12.1 Å². The van der Waals surface area contributed by atoms with Gasteiger partial charge in [0.1, 0.15) is 5.82 Å². The van der Waals surface area contributed by atoms with E-state index in [0.717, 1.165) is 24.8 Å². The van der Waals surface area contributed by atoms with E-state index in [1.165, 1.54) is 5.56 Å². The van der Waals surface area contributed by atoms with Crippen LogP contribution in [0, 0.1) is 5.41 Å². The van der Waals surface area contributed by atoms with Crippen LogP contribution in [0.5, 0.6) is 0 Å². The highest BCUT2D eigenvalue weighted by Crippen LogP contribution is 2.44. The zero-order valence-corrected chi connectivity index (χ0v) is 13.7. The Balaban J connectivity index is 1.63. The van der Waals surface area contributed by atoms with Crippen LogP contribution in [0.25, 0.3) is 0 Å². The van der Waals surface area contributed by atoms with Gasteiger partial charge in [-0.25, -0.2) is 10.5 Å². The second kappa shape index (κ2) is 5.97. The minimum absolute atomic E-state index is 0.119. The van der Waals surface area contributed by atoms with Crippen molar-refractivity contribution in [3.8, 4) is 0 Å². The Labute approximate surface area is 145 Å². The van der Waals surface area contributed by atoms with Crippen molar-refractivity contribution in [2.45, 2.75) is 25.7 Å². The monoisotopic (exact) mass is 337 g/mol. The highest BCUT2D eigenvalue weighted by Gasteiger charge is 2.48. The maximum atomic E-state index is 13.1. The van der Waals surface area contributed by atoms with Crippen molar-refractivity contribution in [1.29, 1.82) is 0 Å². The molecule has 6 heteroatoms. The molecular weight excluding hydrogens is 318 g/mol. The third-order valence-electron chi connectivity index (χ3n) is 5.41. The van der Waals surface area contributed by atoms with Crippen LogP contribution in [0.3, 0.4) is 0 Å². The van der Waals surface area contributed by atoms with Gasteiger partial charge in [0.15, 0.2) is 0 Å². The molecule has 4 rings (SSSR count). The average molecular weight is 337 g/mol. The van der Waals surface area contributed by atoms with Gasteiger partial charge < -0.3 is 0 Å². The first-order chi connectivity index (χ1) is 12.1. The van der Waals surface area contributed by atoms with Crippen LogP contribution in [0.2, 0.25) is 0 Å². The SMILES string of the molecule is O=C(NO)c1ccc2c(c1)C[C@@]1(CC2)CCN(c2ccccn2)C1=O. The maximum Gasteiger partial charge on any atom is 0.274 e. The first-order valence-electron chi connectivity index (χ1n) is 8.42. The van der Waals surface area contributed by atoms with Crippen LogP contribution in [0.1, 0.15) is 34.3 Å². The second-order valence-electron chi connectivity index (χ2n) is 6.78. The fourth-order valence-corrected chi connectivity index (χ4v) is 4.02. The summed E-state index contributed by atoms with van der Waals surface area (Å²) in [5, 5.41) is 8.83. The molecule has 2 aromatic rings. The number of rotatable bonds is 2. The van der Waals surface area contributed by atoms with Crippen molar-refractivity contribution < 1.29 is 14.8 Å². The molecule has 1 aliphatic carbocycles. The minimum atomic E-state index is -0.532. The van der Waals surface area contributed by atoms with E-state index in [-0.39, 0.29) is 5.91 Å². The number of hydroxylamine groups is 1. The number of fused-ring (bicyclic) bond motifs is 1. The predicted molar refractivity (Wildman–Crippen MR) is 91.4 cm³/mol. The summed E-state index contributed by atoms with van der Waals surface area (Å²) in [6.07, 6.45) is 4.74. The lowest BCUT2D eigenvalue weighted by Gasteiger charge is -2.33. The van der Waals surface area contributed by atoms with E-state index in [9.17, 15) is 9.59 Å². The molecule has 1 aliphatic heterocycles. The van der Waals surface area contributed by atoms with Gasteiger partial charge in [0.05, 0.1) is 5.41 Å². The van der Waals surface area contributed by atoms with Gasteiger partial charge >= 0.3 is 0 Å². The third kappa shape index (κ3) is 2.59. The minimum Gasteiger partial charge on any atom is -0.296 e. The lowest BCUT2D eigenvalue weighted by Crippen LogP contribution is -2.39. The Hall–Kier alpha value is -2.73. The molecule has 25 heavy (non-hydrogen) atoms. The number of aryl methyl sites for hydroxylation is 1. The van der Waals surface area contributed by atoms with Crippen molar-refractivity contribution in [2.24, 2.45) is 5.41 Å². The molecule has 0 radical (unpaired) electrons. The molecule has 1 saturated heterocycles. The zero-order valence-electron chi connectivity index (χ0n) is 13.7. The third-order valence-corrected chi connectivity index (χ3v) is 5.41. The number of hydrogen-bond donors (Lipinski definition) is 2. The van der Waals surface area contributed by atoms with Crippen LogP contribution < -0.4 is 10.4 Å². The fraction of sp³-hybridized carbons (Fsp3) is 0.316. The molecular formula is C19H19N3O3. The van der Waals surface area contributed by atoms with Gasteiger partial charge in [0.25, 0.3) is 5.91 Å². The first-order valence-corrected chi connectivity index (χ1v) is 8.42. The molecule has 1 spiro atoms. The van der Waals surface area contributed by atoms with Crippen LogP contribution >= 0.6 is 0 Å². The number of anilines is 1. The molecule has 2 N–H and O–H groups in total. The van der Waals surface area contributed by atoms with Gasteiger partial charge in [-0.15, -0.1) is 0 Å². The van der Waals surface area contributed by atoms with E-state index < -0.39 is 11.3 Å². The van der Waals surface area contributed by atoms with E-state index in [2.05, 4.69) is 4.98 Å². The van der Waals surface area contributed by atoms with Gasteiger partial charge in [-0.05, 0) is 61.1 Å². The summed E-state index contributed by atoms with van der Waals surface area (Å²) in [7, 11) is 0. The van der Waals surface area contributed by atoms with Crippen molar-refractivity contribution in [2.75, 3.05) is 11.4 Å². The molecule has 2 amide bonds. The predicted octanol–water partition coefficient (Wildman–Crippen LogP) is 2.11. The Kier molecular flexibility index (Phi) is 3.77. The van der Waals surface area contributed by atoms with E-state index in [1.807, 2.05) is 24.3 Å². The fourth-order valence-electron chi connectivity index (χ4n) is 4.02. The van der Waals surface area contributed by atoms with Crippen molar-refractivity contribution in [3.63, 3.8) is 0 Å². The summed E-state index contributed by atoms with van der Waals surface area (Å²) in [6.45, 7) is 0.669. The standard InChI is InChI=1S/C19H19N3O3/c23-17(21-25)14-5-4-13-6-7-19(12-15(13)11-14)8-10-22(18(19)24)16-3-1-2-9-20-16/h1-5,9,11,25H,6-8,10,12H2,(H,21,23)/t19-/m1/s1. The Morgan fingerprint density at radius 3 is 2.84 bits per heavy atom. The lowest BCUT2D eigenvalue weighted by atomic mass is 9.70. The Bertz CT molecular complexity index is 837. The van der Waals surface area contributed by atoms with E-state index >= 15 is 0 Å². The van der Waals surface area contributed by atoms with Crippen molar-refractivity contribution in [1.82, 2.24) is 10.5 Å². The number of aromatic nitrogens is 1. The molecule has 128 valence electrons. The smallest absolute Gasteiger partial charge is 0.274 e. The highest BCUT2D eigenvalue weighted by molar-refractivity contribution is 5.99. The van der Waals surface area contributed by atoms with Gasteiger partial charge in [0, 0.05) is 18.3 Å². The highest BCUT2D eigenvalue weighted by atomic mass is 16.5. The molecule has 1 atom stereocenters. The van der Waals surface area contributed by atoms with Crippen LogP contribution in [-0.4, -0.2) is 28.6 Å². The lowest BCUT2D eigenvalue weighted by molar-refractivity contribution is -0.126. The quantitative estimate of drug-likeness (QED) is 0.649. The molecule has 1 fully saturated rings. The molecule has 1 aromatic heterocycles. The topological polar surface area (TPSA) is 82.5 Å². The number of carbonyl (C=O) groups is 2. The summed E-state index contributed by atoms with van der Waals surface area (Å²) in [6, 6.07) is 11.0. The number of hydrogen-bond acceptors (Lipinski definition) is 4. The summed E-state index contributed by atoms with van der Waals surface area (Å²) in [5.41, 5.74) is 3.84. The summed E-state index contributed by atoms with van der Waals surface area (Å²) >= 11 is 0. The Morgan fingerprint density at radius 1 is 1.20 bits per heavy atom. The molecule has 2 heterocycles. The van der Waals surface area contributed by atoms with E-state index in [4.69, 9.17) is 5.21 Å². The molecule has 0 unspecified atom stereocenters. The molecule has 1 aromatic carbocycles. The summed E-state index contributed by atoms with van der Waals surface area (Å²) in [4.78, 5) is 30.9. The number of carbonyl (C=O) groups excluding carboxylic acids is 2.